The average Bonchev–Trinajstić information content (AvgIpc) is 1.85. The second kappa shape index (κ2) is 4.71. The minimum absolute atomic E-state index is 0.673. The Hall–Kier alpha value is -1.14. The molecule has 0 saturated heterocycles. The summed E-state index contributed by atoms with van der Waals surface area (Å²) in [4.78, 5) is 31.0. The number of carbonyl (C=O) groups excluding carboxylic acids is 2. The van der Waals surface area contributed by atoms with Crippen molar-refractivity contribution in [2.75, 3.05) is 6.61 Å². The van der Waals surface area contributed by atoms with Gasteiger partial charge in [0.15, 0.2) is 6.61 Å². The standard InChI is InChI=1S/C4H6O6/c1-3(5)9-10-4(6)2-8-7/h7H,2H2,1H3. The van der Waals surface area contributed by atoms with Gasteiger partial charge in [-0.3, -0.25) is 5.26 Å². The molecule has 0 aliphatic carbocycles. The van der Waals surface area contributed by atoms with E-state index in [1.165, 1.54) is 0 Å². The zero-order chi connectivity index (χ0) is 7.98. The van der Waals surface area contributed by atoms with E-state index in [1.54, 1.807) is 0 Å². The molecule has 10 heavy (non-hydrogen) atoms. The molecule has 6 nitrogen and oxygen atoms in total. The molecule has 0 aromatic carbocycles. The van der Waals surface area contributed by atoms with Crippen molar-refractivity contribution >= 4 is 11.9 Å². The molecule has 58 valence electrons. The molecule has 0 heterocycles. The van der Waals surface area contributed by atoms with Crippen molar-refractivity contribution in [3.05, 3.63) is 0 Å². The van der Waals surface area contributed by atoms with Crippen LogP contribution in [0.4, 0.5) is 0 Å². The van der Waals surface area contributed by atoms with E-state index in [0.717, 1.165) is 6.92 Å². The summed E-state index contributed by atoms with van der Waals surface area (Å²) in [6.07, 6.45) is 0. The molecular weight excluding hydrogens is 144 g/mol. The molecule has 0 aliphatic rings. The SMILES string of the molecule is CC(=O)OOC(=O)COO. The van der Waals surface area contributed by atoms with Crippen molar-refractivity contribution in [2.45, 2.75) is 6.92 Å². The van der Waals surface area contributed by atoms with Crippen molar-refractivity contribution in [3.8, 4) is 0 Å². The lowest BCUT2D eigenvalue weighted by Gasteiger charge is -1.96. The minimum atomic E-state index is -0.988. The molecule has 0 spiro atoms. The van der Waals surface area contributed by atoms with Crippen molar-refractivity contribution in [1.82, 2.24) is 0 Å². The quantitative estimate of drug-likeness (QED) is 0.422. The topological polar surface area (TPSA) is 82.1 Å². The predicted molar refractivity (Wildman–Crippen MR) is 26.4 cm³/mol. The Kier molecular flexibility index (Phi) is 4.17. The molecular formula is C4H6O6. The highest BCUT2D eigenvalue weighted by atomic mass is 17.2. The largest absolute Gasteiger partial charge is 0.384 e. The molecule has 0 aromatic rings. The highest BCUT2D eigenvalue weighted by Gasteiger charge is 2.04. The lowest BCUT2D eigenvalue weighted by Crippen LogP contribution is -2.13. The molecule has 0 aliphatic heterocycles. The zero-order valence-electron chi connectivity index (χ0n) is 5.20. The fourth-order valence-electron chi connectivity index (χ4n) is 0.182. The van der Waals surface area contributed by atoms with Crippen LogP contribution in [0.1, 0.15) is 6.92 Å². The smallest absolute Gasteiger partial charge is 0.251 e. The summed E-state index contributed by atoms with van der Waals surface area (Å²) in [7, 11) is 0. The molecule has 0 atom stereocenters. The van der Waals surface area contributed by atoms with Crippen LogP contribution in [0, 0.1) is 0 Å². The lowest BCUT2D eigenvalue weighted by atomic mass is 10.8. The minimum Gasteiger partial charge on any atom is -0.251 e. The van der Waals surface area contributed by atoms with Gasteiger partial charge in [0, 0.05) is 6.92 Å². The number of hydrogen-bond donors (Lipinski definition) is 1. The third-order valence-corrected chi connectivity index (χ3v) is 0.434. The van der Waals surface area contributed by atoms with E-state index in [9.17, 15) is 9.59 Å². The van der Waals surface area contributed by atoms with E-state index >= 15 is 0 Å². The molecule has 1 N–H and O–H groups in total. The fraction of sp³-hybridized carbons (Fsp3) is 0.500. The van der Waals surface area contributed by atoms with Gasteiger partial charge in [0.2, 0.25) is 0 Å². The Balaban J connectivity index is 3.30. The summed E-state index contributed by atoms with van der Waals surface area (Å²) < 4.78 is 0. The second-order valence-electron chi connectivity index (χ2n) is 1.30. The Morgan fingerprint density at radius 3 is 2.40 bits per heavy atom. The van der Waals surface area contributed by atoms with Crippen molar-refractivity contribution in [3.63, 3.8) is 0 Å². The first-order chi connectivity index (χ1) is 4.66. The van der Waals surface area contributed by atoms with Crippen LogP contribution in [0.3, 0.4) is 0 Å². The Bertz CT molecular complexity index is 130. The predicted octanol–water partition coefficient (Wildman–Crippen LogP) is -0.503. The maximum absolute atomic E-state index is 10.2. The summed E-state index contributed by atoms with van der Waals surface area (Å²) in [5.41, 5.74) is 0. The van der Waals surface area contributed by atoms with Crippen LogP contribution < -0.4 is 0 Å². The Morgan fingerprint density at radius 1 is 1.40 bits per heavy atom. The maximum Gasteiger partial charge on any atom is 0.384 e. The maximum atomic E-state index is 10.2. The van der Waals surface area contributed by atoms with E-state index in [1.807, 2.05) is 0 Å². The van der Waals surface area contributed by atoms with Crippen LogP contribution in [-0.2, 0) is 24.3 Å². The van der Waals surface area contributed by atoms with Gasteiger partial charge < -0.3 is 0 Å². The number of hydrogen-bond acceptors (Lipinski definition) is 6. The average molecular weight is 150 g/mol. The van der Waals surface area contributed by atoms with E-state index in [-0.39, 0.29) is 0 Å². The zero-order valence-corrected chi connectivity index (χ0v) is 5.20. The normalized spacial score (nSPS) is 8.60. The van der Waals surface area contributed by atoms with Crippen LogP contribution in [0.5, 0.6) is 0 Å². The highest BCUT2D eigenvalue weighted by molar-refractivity contribution is 5.72. The van der Waals surface area contributed by atoms with E-state index in [4.69, 9.17) is 5.26 Å². The van der Waals surface area contributed by atoms with Crippen molar-refractivity contribution in [2.24, 2.45) is 0 Å². The lowest BCUT2D eigenvalue weighted by molar-refractivity contribution is -0.283. The van der Waals surface area contributed by atoms with Gasteiger partial charge in [-0.1, -0.05) is 0 Å². The molecule has 0 unspecified atom stereocenters. The molecule has 0 bridgehead atoms. The number of rotatable bonds is 2. The number of carbonyl (C=O) groups is 2. The monoisotopic (exact) mass is 150 g/mol. The van der Waals surface area contributed by atoms with Crippen molar-refractivity contribution in [1.29, 1.82) is 0 Å². The first-order valence-corrected chi connectivity index (χ1v) is 2.31. The van der Waals surface area contributed by atoms with Crippen LogP contribution in [0.2, 0.25) is 0 Å². The first kappa shape index (κ1) is 8.86. The van der Waals surface area contributed by atoms with Gasteiger partial charge in [0.25, 0.3) is 0 Å². The Morgan fingerprint density at radius 2 is 2.00 bits per heavy atom. The van der Waals surface area contributed by atoms with E-state index in [0.29, 0.717) is 0 Å². The molecule has 0 fully saturated rings. The highest BCUT2D eigenvalue weighted by Crippen LogP contribution is 1.81. The van der Waals surface area contributed by atoms with Crippen LogP contribution in [-0.4, -0.2) is 23.8 Å². The summed E-state index contributed by atoms with van der Waals surface area (Å²) in [6.45, 7) is 0.389. The van der Waals surface area contributed by atoms with Crippen LogP contribution in [0.25, 0.3) is 0 Å². The van der Waals surface area contributed by atoms with Gasteiger partial charge in [-0.15, -0.1) is 0 Å². The van der Waals surface area contributed by atoms with Gasteiger partial charge in [-0.2, -0.15) is 0 Å². The molecule has 0 amide bonds. The summed E-state index contributed by atoms with van der Waals surface area (Å²) >= 11 is 0. The van der Waals surface area contributed by atoms with Crippen LogP contribution >= 0.6 is 0 Å². The first-order valence-electron chi connectivity index (χ1n) is 2.31. The molecule has 6 heteroatoms. The van der Waals surface area contributed by atoms with Gasteiger partial charge in [0.1, 0.15) is 0 Å². The summed E-state index contributed by atoms with van der Waals surface area (Å²) in [6, 6.07) is 0. The van der Waals surface area contributed by atoms with E-state index in [2.05, 4.69) is 14.7 Å². The van der Waals surface area contributed by atoms with Crippen molar-refractivity contribution < 1.29 is 29.5 Å². The van der Waals surface area contributed by atoms with Gasteiger partial charge in [-0.25, -0.2) is 24.3 Å². The van der Waals surface area contributed by atoms with Gasteiger partial charge >= 0.3 is 11.9 Å². The van der Waals surface area contributed by atoms with E-state index < -0.39 is 18.5 Å². The fourth-order valence-corrected chi connectivity index (χ4v) is 0.182. The summed E-state index contributed by atoms with van der Waals surface area (Å²) in [5, 5.41) is 7.66. The van der Waals surface area contributed by atoms with Gasteiger partial charge in [0.05, 0.1) is 0 Å². The molecule has 0 saturated carbocycles. The van der Waals surface area contributed by atoms with Crippen LogP contribution in [0.15, 0.2) is 0 Å². The van der Waals surface area contributed by atoms with Gasteiger partial charge in [-0.05, 0) is 0 Å². The third kappa shape index (κ3) is 5.01. The third-order valence-electron chi connectivity index (χ3n) is 0.434. The molecule has 0 rings (SSSR count). The summed E-state index contributed by atoms with van der Waals surface area (Å²) in [5.74, 6) is -1.75. The molecule has 0 radical (unpaired) electrons. The second-order valence-corrected chi connectivity index (χ2v) is 1.30. The Labute approximate surface area is 56.2 Å². The molecule has 0 aromatic heterocycles.